The summed E-state index contributed by atoms with van der Waals surface area (Å²) in [5.74, 6) is 0.0615. The lowest BCUT2D eigenvalue weighted by atomic mass is 9.87. The highest BCUT2D eigenvalue weighted by Gasteiger charge is 2.28. The number of benzene rings is 1. The second-order valence-electron chi connectivity index (χ2n) is 12.1. The van der Waals surface area contributed by atoms with Crippen LogP contribution in [0.15, 0.2) is 36.7 Å². The van der Waals surface area contributed by atoms with E-state index >= 15 is 0 Å². The van der Waals surface area contributed by atoms with Crippen molar-refractivity contribution in [1.82, 2.24) is 14.5 Å². The van der Waals surface area contributed by atoms with E-state index in [1.807, 2.05) is 31.5 Å². The maximum atomic E-state index is 13.3. The minimum Gasteiger partial charge on any atom is -0.382 e. The van der Waals surface area contributed by atoms with Crippen molar-refractivity contribution in [2.75, 3.05) is 11.9 Å². The number of hydrogen-bond acceptors (Lipinski definition) is 5. The van der Waals surface area contributed by atoms with Crippen molar-refractivity contribution < 1.29 is 9.53 Å². The average Bonchev–Trinajstić information content (AvgIpc) is 3.42. The fraction of sp³-hybridized carbons (Fsp3) is 0.536. The quantitative estimate of drug-likeness (QED) is 0.198. The van der Waals surface area contributed by atoms with Crippen LogP contribution in [-0.2, 0) is 11.5 Å². The van der Waals surface area contributed by atoms with Gasteiger partial charge in [0.15, 0.2) is 11.4 Å². The topological polar surface area (TPSA) is 69.0 Å². The Bertz CT molecular complexity index is 1180. The van der Waals surface area contributed by atoms with Crippen LogP contribution in [0.3, 0.4) is 0 Å². The molecule has 0 aliphatic heterocycles. The number of rotatable bonds is 9. The first-order valence-electron chi connectivity index (χ1n) is 12.9. The lowest BCUT2D eigenvalue weighted by molar-refractivity contribution is 0.0849. The van der Waals surface area contributed by atoms with E-state index in [1.54, 1.807) is 6.20 Å². The third-order valence-corrected chi connectivity index (χ3v) is 8.31. The third-order valence-electron chi connectivity index (χ3n) is 6.60. The highest BCUT2D eigenvalue weighted by atomic mass is 28.3. The Morgan fingerprint density at radius 2 is 1.94 bits per heavy atom. The summed E-state index contributed by atoms with van der Waals surface area (Å²) in [5.41, 5.74) is 4.30. The molecular formula is C28H40N4O2Si. The minimum atomic E-state index is -1.17. The van der Waals surface area contributed by atoms with Crippen LogP contribution in [0.25, 0.3) is 22.4 Å². The molecule has 0 bridgehead atoms. The van der Waals surface area contributed by atoms with Crippen molar-refractivity contribution in [3.05, 3.63) is 42.2 Å². The highest BCUT2D eigenvalue weighted by Crippen LogP contribution is 2.30. The smallest absolute Gasteiger partial charge is 0.171 e. The lowest BCUT2D eigenvalue weighted by Gasteiger charge is -2.16. The average molecular weight is 493 g/mol. The van der Waals surface area contributed by atoms with Crippen LogP contribution in [-0.4, -0.2) is 41.0 Å². The second-order valence-corrected chi connectivity index (χ2v) is 17.7. The van der Waals surface area contributed by atoms with Crippen molar-refractivity contribution in [3.63, 3.8) is 0 Å². The summed E-state index contributed by atoms with van der Waals surface area (Å²) >= 11 is 0. The Labute approximate surface area is 210 Å². The fourth-order valence-electron chi connectivity index (χ4n) is 4.47. The summed E-state index contributed by atoms with van der Waals surface area (Å²) in [5, 5.41) is 3.66. The van der Waals surface area contributed by atoms with E-state index < -0.39 is 13.5 Å². The molecule has 188 valence electrons. The maximum Gasteiger partial charge on any atom is 0.171 e. The van der Waals surface area contributed by atoms with E-state index in [-0.39, 0.29) is 5.78 Å². The van der Waals surface area contributed by atoms with E-state index in [1.165, 1.54) is 25.7 Å². The summed E-state index contributed by atoms with van der Waals surface area (Å²) in [6.07, 6.45) is 8.71. The number of fused-ring (bicyclic) bond motifs is 1. The molecule has 7 heteroatoms. The van der Waals surface area contributed by atoms with Gasteiger partial charge in [-0.2, -0.15) is 0 Å². The molecule has 6 nitrogen and oxygen atoms in total. The number of ketones is 1. The van der Waals surface area contributed by atoms with E-state index in [0.717, 1.165) is 23.0 Å². The van der Waals surface area contributed by atoms with Gasteiger partial charge in [-0.15, -0.1) is 0 Å². The van der Waals surface area contributed by atoms with Gasteiger partial charge in [-0.25, -0.2) is 9.97 Å². The predicted molar refractivity (Wildman–Crippen MR) is 147 cm³/mol. The number of ether oxygens (including phenoxy) is 1. The molecule has 0 atom stereocenters. The van der Waals surface area contributed by atoms with Crippen LogP contribution in [0.5, 0.6) is 0 Å². The zero-order chi connectivity index (χ0) is 25.2. The number of anilines is 1. The zero-order valence-corrected chi connectivity index (χ0v) is 23.1. The third kappa shape index (κ3) is 6.38. The van der Waals surface area contributed by atoms with Gasteiger partial charge in [-0.05, 0) is 31.0 Å². The van der Waals surface area contributed by atoms with Crippen molar-refractivity contribution in [3.8, 4) is 11.3 Å². The molecule has 1 N–H and O–H groups in total. The molecule has 0 amide bonds. The number of aromatic nitrogens is 3. The fourth-order valence-corrected chi connectivity index (χ4v) is 5.23. The summed E-state index contributed by atoms with van der Waals surface area (Å²) in [6, 6.07) is 9.99. The molecule has 0 radical (unpaired) electrons. The number of nitrogens with zero attached hydrogens (tertiary/aromatic N) is 3. The first-order valence-corrected chi connectivity index (χ1v) is 16.6. The predicted octanol–water partition coefficient (Wildman–Crippen LogP) is 6.99. The van der Waals surface area contributed by atoms with Gasteiger partial charge in [-0.1, -0.05) is 65.4 Å². The Balaban J connectivity index is 1.65. The Hall–Kier alpha value is -2.51. The van der Waals surface area contributed by atoms with Gasteiger partial charge in [0, 0.05) is 43.6 Å². The summed E-state index contributed by atoms with van der Waals surface area (Å²) in [7, 11) is -1.17. The van der Waals surface area contributed by atoms with E-state index in [2.05, 4.69) is 49.2 Å². The zero-order valence-electron chi connectivity index (χ0n) is 22.1. The van der Waals surface area contributed by atoms with Gasteiger partial charge in [-0.3, -0.25) is 4.79 Å². The van der Waals surface area contributed by atoms with E-state index in [4.69, 9.17) is 14.7 Å². The molecule has 3 aromatic rings. The number of Topliss-reactive ketones (excluding diaryl/α,β-unsaturated/α-hetero) is 1. The monoisotopic (exact) mass is 492 g/mol. The largest absolute Gasteiger partial charge is 0.382 e. The highest BCUT2D eigenvalue weighted by molar-refractivity contribution is 6.76. The molecular weight excluding hydrogens is 452 g/mol. The molecule has 35 heavy (non-hydrogen) atoms. The molecule has 1 aliphatic rings. The van der Waals surface area contributed by atoms with Crippen molar-refractivity contribution in [2.24, 2.45) is 5.41 Å². The van der Waals surface area contributed by atoms with Crippen molar-refractivity contribution in [1.29, 1.82) is 0 Å². The molecule has 4 rings (SSSR count). The summed E-state index contributed by atoms with van der Waals surface area (Å²) in [6.45, 7) is 13.9. The van der Waals surface area contributed by atoms with Crippen LogP contribution in [0, 0.1) is 5.41 Å². The molecule has 1 saturated carbocycles. The molecule has 0 saturated heterocycles. The number of carbonyl (C=O) groups is 1. The van der Waals surface area contributed by atoms with Gasteiger partial charge in [0.2, 0.25) is 0 Å². The van der Waals surface area contributed by atoms with Crippen LogP contribution >= 0.6 is 0 Å². The standard InChI is InChI=1S/C28H40N4O2Si/c1-28(2,3)26(33)23-18-32(19-34-14-15-35(4,5)6)27-25(23)31-24(17-29-27)20-10-9-13-22(16-20)30-21-11-7-8-12-21/h9-10,13,16-18,21,30H,7-8,11-12,14-15,19H2,1-6H3. The molecule has 2 heterocycles. The molecule has 0 spiro atoms. The van der Waals surface area contributed by atoms with E-state index in [9.17, 15) is 4.79 Å². The maximum absolute atomic E-state index is 13.3. The molecule has 2 aromatic heterocycles. The minimum absolute atomic E-state index is 0.0615. The van der Waals surface area contributed by atoms with Gasteiger partial charge in [0.25, 0.3) is 0 Å². The second kappa shape index (κ2) is 10.2. The molecule has 1 fully saturated rings. The Morgan fingerprint density at radius 1 is 1.20 bits per heavy atom. The van der Waals surface area contributed by atoms with Crippen LogP contribution in [0.4, 0.5) is 5.69 Å². The SMILES string of the molecule is CC(C)(C)C(=O)c1cn(COCC[Si](C)(C)C)c2ncc(-c3cccc(NC4CCCC4)c3)nc12. The number of carbonyl (C=O) groups excluding carboxylic acids is 1. The molecule has 1 aromatic carbocycles. The van der Waals surface area contributed by atoms with Gasteiger partial charge < -0.3 is 14.6 Å². The summed E-state index contributed by atoms with van der Waals surface area (Å²) < 4.78 is 7.91. The van der Waals surface area contributed by atoms with Crippen LogP contribution in [0.1, 0.15) is 56.8 Å². The summed E-state index contributed by atoms with van der Waals surface area (Å²) in [4.78, 5) is 23.0. The van der Waals surface area contributed by atoms with Gasteiger partial charge in [0.1, 0.15) is 12.2 Å². The first kappa shape index (κ1) is 25.6. The Kier molecular flexibility index (Phi) is 7.48. The van der Waals surface area contributed by atoms with Crippen LogP contribution < -0.4 is 5.32 Å². The normalized spacial score (nSPS) is 15.1. The number of nitrogens with one attached hydrogen (secondary N) is 1. The van der Waals surface area contributed by atoms with Crippen molar-refractivity contribution >= 4 is 30.7 Å². The van der Waals surface area contributed by atoms with Crippen LogP contribution in [0.2, 0.25) is 25.7 Å². The lowest BCUT2D eigenvalue weighted by Crippen LogP contribution is -2.22. The first-order chi connectivity index (χ1) is 16.5. The Morgan fingerprint density at radius 3 is 2.63 bits per heavy atom. The van der Waals surface area contributed by atoms with Gasteiger partial charge >= 0.3 is 0 Å². The van der Waals surface area contributed by atoms with E-state index in [0.29, 0.717) is 36.1 Å². The van der Waals surface area contributed by atoms with Crippen molar-refractivity contribution in [2.45, 2.75) is 84.9 Å². The van der Waals surface area contributed by atoms with Gasteiger partial charge in [0.05, 0.1) is 17.5 Å². The molecule has 0 unspecified atom stereocenters. The molecule has 1 aliphatic carbocycles. The number of hydrogen-bond donors (Lipinski definition) is 1.